The predicted octanol–water partition coefficient (Wildman–Crippen LogP) is 3.76. The number of H-pyrrole nitrogens is 1. The summed E-state index contributed by atoms with van der Waals surface area (Å²) in [5.74, 6) is 0.319. The van der Waals surface area contributed by atoms with Crippen LogP contribution >= 0.6 is 0 Å². The summed E-state index contributed by atoms with van der Waals surface area (Å²) in [6, 6.07) is 13.8. The highest BCUT2D eigenvalue weighted by molar-refractivity contribution is 5.94. The molecule has 25 heavy (non-hydrogen) atoms. The van der Waals surface area contributed by atoms with Gasteiger partial charge in [0, 0.05) is 24.7 Å². The van der Waals surface area contributed by atoms with E-state index in [9.17, 15) is 9.59 Å². The number of hydrogen-bond donors (Lipinski definition) is 1. The Morgan fingerprint density at radius 3 is 2.44 bits per heavy atom. The molecule has 1 fully saturated rings. The molecule has 0 radical (unpaired) electrons. The number of benzene rings is 1. The molecule has 1 aromatic carbocycles. The summed E-state index contributed by atoms with van der Waals surface area (Å²) in [5, 5.41) is 0. The summed E-state index contributed by atoms with van der Waals surface area (Å²) in [6.07, 6.45) is 0. The molecule has 0 spiro atoms. The number of hydrogen-bond acceptors (Lipinski definition) is 2. The van der Waals surface area contributed by atoms with Crippen LogP contribution in [0.4, 0.5) is 0 Å². The fourth-order valence-electron chi connectivity index (χ4n) is 3.70. The van der Waals surface area contributed by atoms with Crippen LogP contribution in [-0.4, -0.2) is 28.9 Å². The van der Waals surface area contributed by atoms with Crippen LogP contribution in [0, 0.1) is 5.41 Å². The third-order valence-electron chi connectivity index (χ3n) is 5.22. The first-order chi connectivity index (χ1) is 11.8. The Morgan fingerprint density at radius 1 is 1.16 bits per heavy atom. The number of carbonyl (C=O) groups is 1. The number of aromatic amines is 1. The molecule has 0 aliphatic carbocycles. The maximum atomic E-state index is 12.9. The Labute approximate surface area is 148 Å². The zero-order chi connectivity index (χ0) is 18.2. The summed E-state index contributed by atoms with van der Waals surface area (Å²) in [6.45, 7) is 9.69. The second-order valence-electron chi connectivity index (χ2n) is 7.95. The zero-order valence-electron chi connectivity index (χ0n) is 15.4. The SMILES string of the molecule is CC(C)c1ccc(C(=O)N2C[C@@H](c3ccccc3)C(C)(C)C2)c(=O)[nH]1. The zero-order valence-corrected chi connectivity index (χ0v) is 15.4. The molecule has 132 valence electrons. The van der Waals surface area contributed by atoms with E-state index in [0.29, 0.717) is 13.1 Å². The topological polar surface area (TPSA) is 53.2 Å². The first-order valence-corrected chi connectivity index (χ1v) is 8.87. The van der Waals surface area contributed by atoms with Gasteiger partial charge in [-0.3, -0.25) is 9.59 Å². The number of pyridine rings is 1. The van der Waals surface area contributed by atoms with E-state index in [1.807, 2.05) is 43.0 Å². The molecule has 1 atom stereocenters. The minimum Gasteiger partial charge on any atom is -0.337 e. The second-order valence-corrected chi connectivity index (χ2v) is 7.95. The number of carbonyl (C=O) groups excluding carboxylic acids is 1. The quantitative estimate of drug-likeness (QED) is 0.926. The van der Waals surface area contributed by atoms with Gasteiger partial charge in [0.05, 0.1) is 0 Å². The fourth-order valence-corrected chi connectivity index (χ4v) is 3.70. The van der Waals surface area contributed by atoms with Crippen molar-refractivity contribution in [2.24, 2.45) is 5.41 Å². The van der Waals surface area contributed by atoms with Crippen molar-refractivity contribution in [3.05, 3.63) is 69.6 Å². The Balaban J connectivity index is 1.86. The number of nitrogens with one attached hydrogen (secondary N) is 1. The van der Waals surface area contributed by atoms with Crippen molar-refractivity contribution in [3.63, 3.8) is 0 Å². The fraction of sp³-hybridized carbons (Fsp3) is 0.429. The second kappa shape index (κ2) is 6.51. The largest absolute Gasteiger partial charge is 0.337 e. The smallest absolute Gasteiger partial charge is 0.261 e. The highest BCUT2D eigenvalue weighted by Crippen LogP contribution is 2.42. The maximum absolute atomic E-state index is 12.9. The molecule has 0 unspecified atom stereocenters. The van der Waals surface area contributed by atoms with E-state index in [1.54, 1.807) is 6.07 Å². The van der Waals surface area contributed by atoms with Gasteiger partial charge in [-0.05, 0) is 29.0 Å². The van der Waals surface area contributed by atoms with E-state index in [0.717, 1.165) is 5.69 Å². The van der Waals surface area contributed by atoms with Gasteiger partial charge in [-0.25, -0.2) is 0 Å². The molecule has 1 N–H and O–H groups in total. The van der Waals surface area contributed by atoms with Crippen LogP contribution < -0.4 is 5.56 Å². The lowest BCUT2D eigenvalue weighted by molar-refractivity contribution is 0.0776. The van der Waals surface area contributed by atoms with E-state index in [4.69, 9.17) is 0 Å². The van der Waals surface area contributed by atoms with Crippen LogP contribution in [0.1, 0.15) is 61.1 Å². The van der Waals surface area contributed by atoms with Gasteiger partial charge in [-0.1, -0.05) is 58.0 Å². The number of rotatable bonds is 3. The third kappa shape index (κ3) is 3.39. The molecule has 1 aromatic heterocycles. The summed E-state index contributed by atoms with van der Waals surface area (Å²) < 4.78 is 0. The molecule has 2 heterocycles. The Kier molecular flexibility index (Phi) is 4.55. The molecule has 1 aliphatic heterocycles. The number of nitrogens with zero attached hydrogens (tertiary/aromatic N) is 1. The molecule has 1 aliphatic rings. The summed E-state index contributed by atoms with van der Waals surface area (Å²) >= 11 is 0. The predicted molar refractivity (Wildman–Crippen MR) is 100 cm³/mol. The van der Waals surface area contributed by atoms with Crippen molar-refractivity contribution in [1.82, 2.24) is 9.88 Å². The van der Waals surface area contributed by atoms with Crippen molar-refractivity contribution in [1.29, 1.82) is 0 Å². The highest BCUT2D eigenvalue weighted by atomic mass is 16.2. The summed E-state index contributed by atoms with van der Waals surface area (Å²) in [5.41, 5.74) is 2.00. The monoisotopic (exact) mass is 338 g/mol. The minimum absolute atomic E-state index is 0.0261. The average Bonchev–Trinajstić information content (AvgIpc) is 2.90. The minimum atomic E-state index is -0.294. The molecule has 4 nitrogen and oxygen atoms in total. The van der Waals surface area contributed by atoms with Gasteiger partial charge >= 0.3 is 0 Å². The third-order valence-corrected chi connectivity index (χ3v) is 5.22. The van der Waals surface area contributed by atoms with E-state index in [2.05, 4.69) is 31.0 Å². The average molecular weight is 338 g/mol. The number of aromatic nitrogens is 1. The highest BCUT2D eigenvalue weighted by Gasteiger charge is 2.42. The van der Waals surface area contributed by atoms with Gasteiger partial charge in [0.25, 0.3) is 11.5 Å². The van der Waals surface area contributed by atoms with Crippen LogP contribution in [0.25, 0.3) is 0 Å². The molecular formula is C21H26N2O2. The Hall–Kier alpha value is -2.36. The van der Waals surface area contributed by atoms with Gasteiger partial charge < -0.3 is 9.88 Å². The maximum Gasteiger partial charge on any atom is 0.261 e. The summed E-state index contributed by atoms with van der Waals surface area (Å²) in [7, 11) is 0. The van der Waals surface area contributed by atoms with Gasteiger partial charge in [-0.2, -0.15) is 0 Å². The molecule has 3 rings (SSSR count). The van der Waals surface area contributed by atoms with Crippen molar-refractivity contribution in [2.45, 2.75) is 39.5 Å². The lowest BCUT2D eigenvalue weighted by atomic mass is 9.78. The van der Waals surface area contributed by atoms with Gasteiger partial charge in [0.2, 0.25) is 0 Å². The van der Waals surface area contributed by atoms with Gasteiger partial charge in [0.15, 0.2) is 0 Å². The van der Waals surface area contributed by atoms with Crippen LogP contribution in [0.3, 0.4) is 0 Å². The van der Waals surface area contributed by atoms with Crippen molar-refractivity contribution < 1.29 is 4.79 Å². The normalized spacial score (nSPS) is 19.4. The Bertz CT molecular complexity index is 821. The standard InChI is InChI=1S/C21H26N2O2/c1-14(2)18-11-10-16(19(24)22-18)20(25)23-12-17(21(3,4)13-23)15-8-6-5-7-9-15/h5-11,14,17H,12-13H2,1-4H3,(H,22,24)/t17-/m0/s1. The Morgan fingerprint density at radius 2 is 1.84 bits per heavy atom. The molecule has 0 bridgehead atoms. The van der Waals surface area contributed by atoms with Crippen LogP contribution in [0.2, 0.25) is 0 Å². The molecule has 4 heteroatoms. The lowest BCUT2D eigenvalue weighted by Gasteiger charge is -2.25. The van der Waals surface area contributed by atoms with E-state index >= 15 is 0 Å². The van der Waals surface area contributed by atoms with Crippen molar-refractivity contribution in [2.75, 3.05) is 13.1 Å². The first-order valence-electron chi connectivity index (χ1n) is 8.87. The molecule has 0 saturated carbocycles. The van der Waals surface area contributed by atoms with Gasteiger partial charge in [0.1, 0.15) is 5.56 Å². The first kappa shape index (κ1) is 17.5. The van der Waals surface area contributed by atoms with Crippen LogP contribution in [0.5, 0.6) is 0 Å². The number of amides is 1. The molecule has 1 saturated heterocycles. The van der Waals surface area contributed by atoms with E-state index < -0.39 is 0 Å². The molecule has 1 amide bonds. The van der Waals surface area contributed by atoms with Crippen LogP contribution in [-0.2, 0) is 0 Å². The van der Waals surface area contributed by atoms with E-state index in [1.165, 1.54) is 5.56 Å². The van der Waals surface area contributed by atoms with Crippen molar-refractivity contribution >= 4 is 5.91 Å². The molecule has 2 aromatic rings. The van der Waals surface area contributed by atoms with Crippen LogP contribution in [0.15, 0.2) is 47.3 Å². The number of likely N-dealkylation sites (tertiary alicyclic amines) is 1. The lowest BCUT2D eigenvalue weighted by Crippen LogP contribution is -2.34. The summed E-state index contributed by atoms with van der Waals surface area (Å²) in [4.78, 5) is 29.9. The molecular weight excluding hydrogens is 312 g/mol. The van der Waals surface area contributed by atoms with Gasteiger partial charge in [-0.15, -0.1) is 0 Å². The van der Waals surface area contributed by atoms with E-state index in [-0.39, 0.29) is 34.3 Å². The van der Waals surface area contributed by atoms with Crippen molar-refractivity contribution in [3.8, 4) is 0 Å².